The van der Waals surface area contributed by atoms with Gasteiger partial charge in [0, 0.05) is 23.9 Å². The maximum absolute atomic E-state index is 12.0. The Labute approximate surface area is 127 Å². The number of anilines is 1. The zero-order valence-electron chi connectivity index (χ0n) is 12.0. The molecular formula is C15H18N4OS. The lowest BCUT2D eigenvalue weighted by atomic mass is 10.2. The van der Waals surface area contributed by atoms with Crippen LogP contribution in [0.5, 0.6) is 0 Å². The fourth-order valence-electron chi connectivity index (χ4n) is 2.96. The van der Waals surface area contributed by atoms with Crippen molar-refractivity contribution in [2.45, 2.75) is 44.7 Å². The quantitative estimate of drug-likeness (QED) is 0.942. The van der Waals surface area contributed by atoms with E-state index in [4.69, 9.17) is 0 Å². The average molecular weight is 302 g/mol. The summed E-state index contributed by atoms with van der Waals surface area (Å²) in [5.74, 6) is 1.14. The second kappa shape index (κ2) is 4.94. The van der Waals surface area contributed by atoms with Crippen LogP contribution in [0.3, 0.4) is 0 Å². The van der Waals surface area contributed by atoms with E-state index in [2.05, 4.69) is 28.3 Å². The van der Waals surface area contributed by atoms with Crippen molar-refractivity contribution in [1.29, 1.82) is 0 Å². The third kappa shape index (κ3) is 2.37. The number of aromatic nitrogens is 2. The van der Waals surface area contributed by atoms with Gasteiger partial charge in [-0.2, -0.15) is 0 Å². The Balaban J connectivity index is 1.57. The van der Waals surface area contributed by atoms with Crippen LogP contribution in [0.4, 0.5) is 5.82 Å². The topological polar surface area (TPSA) is 58.1 Å². The number of hydrogen-bond acceptors (Lipinski definition) is 5. The molecule has 4 rings (SSSR count). The number of thiophene rings is 1. The molecule has 2 fully saturated rings. The molecule has 2 aromatic rings. The van der Waals surface area contributed by atoms with E-state index < -0.39 is 0 Å². The Hall–Kier alpha value is -1.69. The summed E-state index contributed by atoms with van der Waals surface area (Å²) < 4.78 is 0. The Bertz CT molecular complexity index is 694. The molecule has 1 saturated heterocycles. The van der Waals surface area contributed by atoms with Gasteiger partial charge in [-0.05, 0) is 25.3 Å². The summed E-state index contributed by atoms with van der Waals surface area (Å²) in [6.07, 6.45) is 5.53. The second-order valence-electron chi connectivity index (χ2n) is 5.83. The van der Waals surface area contributed by atoms with E-state index in [9.17, 15) is 4.79 Å². The summed E-state index contributed by atoms with van der Waals surface area (Å²) in [5, 5.41) is 4.54. The van der Waals surface area contributed by atoms with E-state index in [1.54, 1.807) is 17.7 Å². The van der Waals surface area contributed by atoms with E-state index in [0.29, 0.717) is 12.5 Å². The third-order valence-electron chi connectivity index (χ3n) is 4.22. The van der Waals surface area contributed by atoms with E-state index in [0.717, 1.165) is 29.0 Å². The van der Waals surface area contributed by atoms with Gasteiger partial charge in [-0.3, -0.25) is 4.79 Å². The fraction of sp³-hybridized carbons (Fsp3) is 0.533. The Kier molecular flexibility index (Phi) is 3.06. The van der Waals surface area contributed by atoms with Crippen LogP contribution in [0.1, 0.15) is 31.1 Å². The van der Waals surface area contributed by atoms with E-state index in [1.807, 2.05) is 4.90 Å². The maximum Gasteiger partial charge on any atom is 0.225 e. The minimum absolute atomic E-state index is 0.168. The summed E-state index contributed by atoms with van der Waals surface area (Å²) in [5.41, 5.74) is 0. The molecule has 1 unspecified atom stereocenters. The van der Waals surface area contributed by atoms with Gasteiger partial charge >= 0.3 is 0 Å². The van der Waals surface area contributed by atoms with Crippen LogP contribution in [0, 0.1) is 0 Å². The molecule has 1 aliphatic heterocycles. The number of amides is 1. The number of likely N-dealkylation sites (tertiary alicyclic amines) is 1. The minimum atomic E-state index is 0.168. The van der Waals surface area contributed by atoms with E-state index >= 15 is 0 Å². The molecule has 1 amide bonds. The number of nitrogens with zero attached hydrogens (tertiary/aromatic N) is 3. The first-order valence-electron chi connectivity index (χ1n) is 7.54. The lowest BCUT2D eigenvalue weighted by Crippen LogP contribution is -2.29. The van der Waals surface area contributed by atoms with Crippen molar-refractivity contribution < 1.29 is 4.79 Å². The first-order valence-corrected chi connectivity index (χ1v) is 8.35. The van der Waals surface area contributed by atoms with E-state index in [1.165, 1.54) is 17.7 Å². The standard InChI is InChI=1S/C15H18N4OS/c1-2-11-6-12-14(16-8-17-15(12)21-11)18-9-5-13(20)19(7-9)10-3-4-10/h6,8-10H,2-5,7H2,1H3,(H,16,17,18). The van der Waals surface area contributed by atoms with Crippen molar-refractivity contribution in [3.05, 3.63) is 17.3 Å². The highest BCUT2D eigenvalue weighted by Crippen LogP contribution is 2.33. The monoisotopic (exact) mass is 302 g/mol. The molecule has 2 aliphatic rings. The maximum atomic E-state index is 12.0. The molecule has 6 heteroatoms. The fourth-order valence-corrected chi connectivity index (χ4v) is 3.89. The third-order valence-corrected chi connectivity index (χ3v) is 5.40. The van der Waals surface area contributed by atoms with Gasteiger partial charge in [-0.1, -0.05) is 6.92 Å². The summed E-state index contributed by atoms with van der Waals surface area (Å²) >= 11 is 1.72. The summed E-state index contributed by atoms with van der Waals surface area (Å²) in [6, 6.07) is 2.83. The van der Waals surface area contributed by atoms with Crippen LogP contribution < -0.4 is 5.32 Å². The Morgan fingerprint density at radius 2 is 2.29 bits per heavy atom. The van der Waals surface area contributed by atoms with Gasteiger partial charge in [-0.15, -0.1) is 11.3 Å². The van der Waals surface area contributed by atoms with Gasteiger partial charge in [0.25, 0.3) is 0 Å². The molecule has 5 nitrogen and oxygen atoms in total. The molecule has 1 saturated carbocycles. The summed E-state index contributed by atoms with van der Waals surface area (Å²) in [4.78, 5) is 25.1. The van der Waals surface area contributed by atoms with Crippen molar-refractivity contribution in [1.82, 2.24) is 14.9 Å². The normalized spacial score (nSPS) is 22.2. The van der Waals surface area contributed by atoms with Crippen LogP contribution in [-0.4, -0.2) is 39.4 Å². The van der Waals surface area contributed by atoms with Gasteiger partial charge in [-0.25, -0.2) is 9.97 Å². The molecule has 1 atom stereocenters. The van der Waals surface area contributed by atoms with Crippen LogP contribution in [0.15, 0.2) is 12.4 Å². The predicted molar refractivity (Wildman–Crippen MR) is 83.6 cm³/mol. The highest BCUT2D eigenvalue weighted by atomic mass is 32.1. The smallest absolute Gasteiger partial charge is 0.225 e. The van der Waals surface area contributed by atoms with Crippen molar-refractivity contribution in [2.24, 2.45) is 0 Å². The van der Waals surface area contributed by atoms with E-state index in [-0.39, 0.29) is 11.9 Å². The molecule has 1 aliphatic carbocycles. The zero-order valence-corrected chi connectivity index (χ0v) is 12.8. The highest BCUT2D eigenvalue weighted by Gasteiger charge is 2.39. The van der Waals surface area contributed by atoms with Gasteiger partial charge < -0.3 is 10.2 Å². The number of nitrogens with one attached hydrogen (secondary N) is 1. The average Bonchev–Trinajstić information content (AvgIpc) is 3.12. The molecule has 110 valence electrons. The largest absolute Gasteiger partial charge is 0.364 e. The Morgan fingerprint density at radius 3 is 3.05 bits per heavy atom. The van der Waals surface area contributed by atoms with Crippen molar-refractivity contribution >= 4 is 33.3 Å². The Morgan fingerprint density at radius 1 is 1.43 bits per heavy atom. The summed E-state index contributed by atoms with van der Waals surface area (Å²) in [6.45, 7) is 2.95. The first-order chi connectivity index (χ1) is 10.2. The van der Waals surface area contributed by atoms with Crippen LogP contribution >= 0.6 is 11.3 Å². The van der Waals surface area contributed by atoms with Gasteiger partial charge in [0.15, 0.2) is 0 Å². The molecule has 0 aromatic carbocycles. The van der Waals surface area contributed by atoms with Gasteiger partial charge in [0.1, 0.15) is 17.0 Å². The SMILES string of the molecule is CCc1cc2c(NC3CC(=O)N(C4CC4)C3)ncnc2s1. The molecule has 0 bridgehead atoms. The first kappa shape index (κ1) is 13.0. The predicted octanol–water partition coefficient (Wildman–Crippen LogP) is 2.43. The van der Waals surface area contributed by atoms with Crippen LogP contribution in [0.25, 0.3) is 10.2 Å². The number of hydrogen-bond donors (Lipinski definition) is 1. The van der Waals surface area contributed by atoms with Gasteiger partial charge in [0.2, 0.25) is 5.91 Å². The minimum Gasteiger partial charge on any atom is -0.364 e. The molecular weight excluding hydrogens is 284 g/mol. The lowest BCUT2D eigenvalue weighted by molar-refractivity contribution is -0.128. The number of carbonyl (C=O) groups is 1. The molecule has 0 radical (unpaired) electrons. The zero-order chi connectivity index (χ0) is 14.4. The number of fused-ring (bicyclic) bond motifs is 1. The lowest BCUT2D eigenvalue weighted by Gasteiger charge is -2.16. The molecule has 1 N–H and O–H groups in total. The molecule has 2 aromatic heterocycles. The van der Waals surface area contributed by atoms with Crippen LogP contribution in [-0.2, 0) is 11.2 Å². The van der Waals surface area contributed by atoms with Crippen molar-refractivity contribution in [3.63, 3.8) is 0 Å². The molecule has 21 heavy (non-hydrogen) atoms. The van der Waals surface area contributed by atoms with Gasteiger partial charge in [0.05, 0.1) is 11.4 Å². The summed E-state index contributed by atoms with van der Waals surface area (Å²) in [7, 11) is 0. The second-order valence-corrected chi connectivity index (χ2v) is 6.95. The van der Waals surface area contributed by atoms with Crippen molar-refractivity contribution in [3.8, 4) is 0 Å². The highest BCUT2D eigenvalue weighted by molar-refractivity contribution is 7.18. The number of aryl methyl sites for hydroxylation is 1. The van der Waals surface area contributed by atoms with Crippen LogP contribution in [0.2, 0.25) is 0 Å². The van der Waals surface area contributed by atoms with Crippen molar-refractivity contribution in [2.75, 3.05) is 11.9 Å². The number of carbonyl (C=O) groups excluding carboxylic acids is 1. The molecule has 3 heterocycles. The number of rotatable bonds is 4. The molecule has 0 spiro atoms.